The predicted molar refractivity (Wildman–Crippen MR) is 246 cm³/mol. The highest BCUT2D eigenvalue weighted by Crippen LogP contribution is 2.45. The van der Waals surface area contributed by atoms with Gasteiger partial charge in [0.15, 0.2) is 0 Å². The van der Waals surface area contributed by atoms with Gasteiger partial charge in [-0.05, 0) is 111 Å². The standard InChI is InChI=1S/C54H34N2S/c1-3-13-38-29-43(27-21-35(38)11-1)55(44-28-22-36-12-2-4-14-39(36)30-44)42-25-23-37(24-26-42)48-33-45(34-50-47-18-8-10-20-53(47)57-54(48)50)56-51-19-9-7-17-46(51)49-31-40-15-5-6-16-41(40)32-52(49)56/h1-34H. The van der Waals surface area contributed by atoms with Gasteiger partial charge in [0.05, 0.1) is 11.0 Å². The second-order valence-electron chi connectivity index (χ2n) is 15.0. The summed E-state index contributed by atoms with van der Waals surface area (Å²) in [6.07, 6.45) is 0. The lowest BCUT2D eigenvalue weighted by Gasteiger charge is -2.26. The van der Waals surface area contributed by atoms with Gasteiger partial charge < -0.3 is 9.47 Å². The molecule has 0 unspecified atom stereocenters. The number of rotatable bonds is 5. The molecule has 2 aromatic heterocycles. The smallest absolute Gasteiger partial charge is 0.0547 e. The number of anilines is 3. The molecule has 12 rings (SSSR count). The maximum absolute atomic E-state index is 2.47. The molecule has 3 heteroatoms. The zero-order valence-corrected chi connectivity index (χ0v) is 31.7. The maximum atomic E-state index is 2.47. The molecule has 0 aliphatic heterocycles. The molecule has 0 radical (unpaired) electrons. The summed E-state index contributed by atoms with van der Waals surface area (Å²) in [5, 5.41) is 12.5. The highest BCUT2D eigenvalue weighted by atomic mass is 32.1. The molecule has 266 valence electrons. The van der Waals surface area contributed by atoms with E-state index in [1.807, 2.05) is 11.3 Å². The van der Waals surface area contributed by atoms with Crippen LogP contribution in [0.15, 0.2) is 206 Å². The molecule has 2 nitrogen and oxygen atoms in total. The van der Waals surface area contributed by atoms with Crippen LogP contribution in [0.1, 0.15) is 0 Å². The molecule has 0 bridgehead atoms. The first-order chi connectivity index (χ1) is 28.2. The number of aromatic nitrogens is 1. The number of benzene rings is 10. The Morgan fingerprint density at radius 1 is 0.351 bits per heavy atom. The SMILES string of the molecule is c1ccc2cc(N(c3ccc(-c4cc(-n5c6ccccc6c6cc7ccccc7cc65)cc5c4sc4ccccc45)cc3)c3ccc4ccccc4c3)ccc2c1. The fourth-order valence-corrected chi connectivity index (χ4v) is 10.2. The Labute approximate surface area is 333 Å². The molecule has 10 aromatic carbocycles. The van der Waals surface area contributed by atoms with E-state index in [1.165, 1.54) is 91.1 Å². The van der Waals surface area contributed by atoms with Crippen molar-refractivity contribution in [3.8, 4) is 16.8 Å². The fourth-order valence-electron chi connectivity index (χ4n) is 8.96. The van der Waals surface area contributed by atoms with E-state index in [2.05, 4.69) is 216 Å². The van der Waals surface area contributed by atoms with E-state index in [9.17, 15) is 0 Å². The van der Waals surface area contributed by atoms with Gasteiger partial charge in [-0.3, -0.25) is 0 Å². The zero-order chi connectivity index (χ0) is 37.5. The van der Waals surface area contributed by atoms with Crippen molar-refractivity contribution in [2.45, 2.75) is 0 Å². The minimum absolute atomic E-state index is 1.11. The minimum Gasteiger partial charge on any atom is -0.310 e. The predicted octanol–water partition coefficient (Wildman–Crippen LogP) is 15.7. The third kappa shape index (κ3) is 5.17. The Kier molecular flexibility index (Phi) is 7.13. The van der Waals surface area contributed by atoms with Gasteiger partial charge in [-0.2, -0.15) is 0 Å². The van der Waals surface area contributed by atoms with Crippen molar-refractivity contribution >= 4 is 103 Å². The number of thiophene rings is 1. The largest absolute Gasteiger partial charge is 0.310 e. The Bertz CT molecular complexity index is 3460. The summed E-state index contributed by atoms with van der Waals surface area (Å²) >= 11 is 1.88. The lowest BCUT2D eigenvalue weighted by Crippen LogP contribution is -2.09. The number of hydrogen-bond donors (Lipinski definition) is 0. The molecular weight excluding hydrogens is 709 g/mol. The summed E-state index contributed by atoms with van der Waals surface area (Å²) in [5.74, 6) is 0. The van der Waals surface area contributed by atoms with Crippen LogP contribution in [0, 0.1) is 0 Å². The van der Waals surface area contributed by atoms with Gasteiger partial charge in [0.25, 0.3) is 0 Å². The van der Waals surface area contributed by atoms with Crippen LogP contribution in [0.4, 0.5) is 17.1 Å². The summed E-state index contributed by atoms with van der Waals surface area (Å²) in [6.45, 7) is 0. The highest BCUT2D eigenvalue weighted by molar-refractivity contribution is 7.26. The molecule has 0 saturated carbocycles. The fraction of sp³-hybridized carbons (Fsp3) is 0. The van der Waals surface area contributed by atoms with E-state index >= 15 is 0 Å². The molecule has 0 amide bonds. The molecule has 0 saturated heterocycles. The lowest BCUT2D eigenvalue weighted by atomic mass is 10.0. The first-order valence-electron chi connectivity index (χ1n) is 19.5. The molecule has 12 aromatic rings. The number of fused-ring (bicyclic) bond motifs is 9. The first-order valence-corrected chi connectivity index (χ1v) is 20.3. The highest BCUT2D eigenvalue weighted by Gasteiger charge is 2.19. The number of hydrogen-bond acceptors (Lipinski definition) is 2. The quantitative estimate of drug-likeness (QED) is 0.170. The van der Waals surface area contributed by atoms with Crippen LogP contribution >= 0.6 is 11.3 Å². The van der Waals surface area contributed by atoms with Crippen LogP contribution in [0.3, 0.4) is 0 Å². The lowest BCUT2D eigenvalue weighted by molar-refractivity contribution is 1.19. The van der Waals surface area contributed by atoms with Crippen LogP contribution in [0.2, 0.25) is 0 Å². The monoisotopic (exact) mass is 742 g/mol. The first kappa shape index (κ1) is 32.1. The second-order valence-corrected chi connectivity index (χ2v) is 16.0. The van der Waals surface area contributed by atoms with Crippen LogP contribution in [-0.2, 0) is 0 Å². The summed E-state index contributed by atoms with van der Waals surface area (Å²) in [4.78, 5) is 2.39. The van der Waals surface area contributed by atoms with Crippen molar-refractivity contribution in [2.24, 2.45) is 0 Å². The van der Waals surface area contributed by atoms with Gasteiger partial charge in [-0.1, -0.05) is 133 Å². The van der Waals surface area contributed by atoms with Crippen molar-refractivity contribution in [1.29, 1.82) is 0 Å². The summed E-state index contributed by atoms with van der Waals surface area (Å²) in [7, 11) is 0. The van der Waals surface area contributed by atoms with Gasteiger partial charge in [0, 0.05) is 59.3 Å². The zero-order valence-electron chi connectivity index (χ0n) is 30.9. The summed E-state index contributed by atoms with van der Waals surface area (Å²) < 4.78 is 5.08. The van der Waals surface area contributed by atoms with E-state index in [0.717, 1.165) is 17.1 Å². The van der Waals surface area contributed by atoms with E-state index in [0.29, 0.717) is 0 Å². The van der Waals surface area contributed by atoms with E-state index in [-0.39, 0.29) is 0 Å². The Morgan fingerprint density at radius 3 is 1.58 bits per heavy atom. The van der Waals surface area contributed by atoms with Crippen LogP contribution in [-0.4, -0.2) is 4.57 Å². The molecule has 0 fully saturated rings. The molecule has 2 heterocycles. The van der Waals surface area contributed by atoms with Crippen molar-refractivity contribution in [3.05, 3.63) is 206 Å². The second kappa shape index (κ2) is 12.7. The number of nitrogens with zero attached hydrogens (tertiary/aromatic N) is 2. The van der Waals surface area contributed by atoms with Crippen LogP contribution < -0.4 is 4.90 Å². The molecule has 0 spiro atoms. The summed E-state index contributed by atoms with van der Waals surface area (Å²) in [5.41, 5.74) is 9.41. The molecule has 0 atom stereocenters. The third-order valence-electron chi connectivity index (χ3n) is 11.7. The van der Waals surface area contributed by atoms with E-state index in [1.54, 1.807) is 0 Å². The van der Waals surface area contributed by atoms with Crippen molar-refractivity contribution in [3.63, 3.8) is 0 Å². The molecule has 57 heavy (non-hydrogen) atoms. The normalized spacial score (nSPS) is 11.9. The van der Waals surface area contributed by atoms with Gasteiger partial charge in [-0.25, -0.2) is 0 Å². The summed E-state index contributed by atoms with van der Waals surface area (Å²) in [6, 6.07) is 75.9. The third-order valence-corrected chi connectivity index (χ3v) is 12.9. The topological polar surface area (TPSA) is 8.17 Å². The average Bonchev–Trinajstić information content (AvgIpc) is 3.81. The van der Waals surface area contributed by atoms with Crippen LogP contribution in [0.25, 0.3) is 91.1 Å². The van der Waals surface area contributed by atoms with Gasteiger partial charge >= 0.3 is 0 Å². The average molecular weight is 743 g/mol. The van der Waals surface area contributed by atoms with Gasteiger partial charge in [0.1, 0.15) is 0 Å². The molecule has 0 aliphatic carbocycles. The van der Waals surface area contributed by atoms with Gasteiger partial charge in [-0.15, -0.1) is 11.3 Å². The van der Waals surface area contributed by atoms with E-state index < -0.39 is 0 Å². The minimum atomic E-state index is 1.11. The number of para-hydroxylation sites is 1. The molecular formula is C54H34N2S. The Hall–Kier alpha value is -7.20. The van der Waals surface area contributed by atoms with Crippen molar-refractivity contribution < 1.29 is 0 Å². The molecule has 0 N–H and O–H groups in total. The Balaban J connectivity index is 1.07. The maximum Gasteiger partial charge on any atom is 0.0547 e. The van der Waals surface area contributed by atoms with Crippen molar-refractivity contribution in [2.75, 3.05) is 4.90 Å². The Morgan fingerprint density at radius 2 is 0.895 bits per heavy atom. The molecule has 0 aliphatic rings. The van der Waals surface area contributed by atoms with Crippen LogP contribution in [0.5, 0.6) is 0 Å². The van der Waals surface area contributed by atoms with E-state index in [4.69, 9.17) is 0 Å². The van der Waals surface area contributed by atoms with Gasteiger partial charge in [0.2, 0.25) is 0 Å². The van der Waals surface area contributed by atoms with Crippen molar-refractivity contribution in [1.82, 2.24) is 4.57 Å².